The van der Waals surface area contributed by atoms with Crippen LogP contribution in [0, 0.1) is 0 Å². The van der Waals surface area contributed by atoms with Crippen LogP contribution in [0.25, 0.3) is 0 Å². The molecule has 2 N–H and O–H groups in total. The molecule has 0 radical (unpaired) electrons. The molecule has 0 fully saturated rings. The molecule has 6 heteroatoms. The van der Waals surface area contributed by atoms with Crippen LogP contribution in [0.1, 0.15) is 23.1 Å². The number of nitrogens with one attached hydrogen (secondary N) is 2. The van der Waals surface area contributed by atoms with Gasteiger partial charge in [-0.25, -0.2) is 0 Å². The van der Waals surface area contributed by atoms with Gasteiger partial charge >= 0.3 is 0 Å². The molecule has 0 saturated heterocycles. The summed E-state index contributed by atoms with van der Waals surface area (Å²) in [7, 11) is 1.60. The van der Waals surface area contributed by atoms with Crippen molar-refractivity contribution in [2.24, 2.45) is 0 Å². The zero-order chi connectivity index (χ0) is 21.9. The van der Waals surface area contributed by atoms with Gasteiger partial charge in [0.2, 0.25) is 5.91 Å². The van der Waals surface area contributed by atoms with Gasteiger partial charge in [-0.3, -0.25) is 20.4 Å². The summed E-state index contributed by atoms with van der Waals surface area (Å²) in [6.07, 6.45) is 1.50. The molecule has 3 aromatic rings. The first kappa shape index (κ1) is 21.9. The molecule has 0 atom stereocenters. The zero-order valence-electron chi connectivity index (χ0n) is 17.5. The van der Waals surface area contributed by atoms with E-state index in [0.29, 0.717) is 18.6 Å². The third-order valence-electron chi connectivity index (χ3n) is 4.68. The number of hydrazine groups is 1. The van der Waals surface area contributed by atoms with E-state index in [2.05, 4.69) is 10.9 Å². The van der Waals surface area contributed by atoms with Crippen molar-refractivity contribution in [1.82, 2.24) is 10.9 Å². The fourth-order valence-electron chi connectivity index (χ4n) is 3.07. The van der Waals surface area contributed by atoms with E-state index in [1.54, 1.807) is 7.11 Å². The maximum atomic E-state index is 12.1. The van der Waals surface area contributed by atoms with Crippen molar-refractivity contribution < 1.29 is 19.1 Å². The number of ether oxygens (including phenoxy) is 2. The Morgan fingerprint density at radius 1 is 0.806 bits per heavy atom. The molecule has 160 valence electrons. The fraction of sp³-hybridized carbons (Fsp3) is 0.200. The van der Waals surface area contributed by atoms with Gasteiger partial charge in [0.1, 0.15) is 11.5 Å². The van der Waals surface area contributed by atoms with Crippen molar-refractivity contribution in [1.29, 1.82) is 0 Å². The summed E-state index contributed by atoms with van der Waals surface area (Å²) in [6, 6.07) is 25.2. The minimum Gasteiger partial charge on any atom is -0.497 e. The summed E-state index contributed by atoms with van der Waals surface area (Å²) in [5.41, 5.74) is 7.95. The van der Waals surface area contributed by atoms with E-state index in [1.807, 2.05) is 78.9 Å². The fourth-order valence-corrected chi connectivity index (χ4v) is 3.07. The summed E-state index contributed by atoms with van der Waals surface area (Å²) in [5, 5.41) is 0. The molecule has 31 heavy (non-hydrogen) atoms. The van der Waals surface area contributed by atoms with Crippen LogP contribution in [0.4, 0.5) is 0 Å². The molecule has 3 rings (SSSR count). The largest absolute Gasteiger partial charge is 0.497 e. The van der Waals surface area contributed by atoms with Crippen LogP contribution in [0.5, 0.6) is 11.5 Å². The lowest BCUT2D eigenvalue weighted by Crippen LogP contribution is -2.43. The topological polar surface area (TPSA) is 76.7 Å². The summed E-state index contributed by atoms with van der Waals surface area (Å²) in [4.78, 5) is 24.1. The van der Waals surface area contributed by atoms with Crippen molar-refractivity contribution in [3.63, 3.8) is 0 Å². The number of carbonyl (C=O) groups excluding carboxylic acids is 2. The van der Waals surface area contributed by atoms with Crippen molar-refractivity contribution in [3.05, 3.63) is 95.6 Å². The van der Waals surface area contributed by atoms with Crippen molar-refractivity contribution in [2.45, 2.75) is 19.3 Å². The Morgan fingerprint density at radius 3 is 2.32 bits per heavy atom. The summed E-state index contributed by atoms with van der Waals surface area (Å²) in [6.45, 7) is -0.192. The van der Waals surface area contributed by atoms with Crippen LogP contribution >= 0.6 is 0 Å². The predicted molar refractivity (Wildman–Crippen MR) is 119 cm³/mol. The number of amides is 2. The SMILES string of the molecule is COc1cccc(CCC(=O)NNC(=O)COc2ccccc2Cc2ccccc2)c1. The lowest BCUT2D eigenvalue weighted by atomic mass is 10.0. The molecule has 2 amide bonds. The van der Waals surface area contributed by atoms with Crippen LogP contribution < -0.4 is 20.3 Å². The van der Waals surface area contributed by atoms with Crippen LogP contribution in [0.3, 0.4) is 0 Å². The Kier molecular flexibility index (Phi) is 8.05. The first-order chi connectivity index (χ1) is 15.1. The van der Waals surface area contributed by atoms with Gasteiger partial charge in [-0.1, -0.05) is 60.7 Å². The Bertz CT molecular complexity index is 1010. The molecule has 6 nitrogen and oxygen atoms in total. The Labute approximate surface area is 182 Å². The number of para-hydroxylation sites is 1. The maximum Gasteiger partial charge on any atom is 0.276 e. The van der Waals surface area contributed by atoms with Crippen molar-refractivity contribution >= 4 is 11.8 Å². The third kappa shape index (κ3) is 7.19. The Balaban J connectivity index is 1.42. The summed E-state index contributed by atoms with van der Waals surface area (Å²) in [5.74, 6) is 0.687. The molecule has 0 aromatic heterocycles. The molecule has 0 aliphatic heterocycles. The first-order valence-electron chi connectivity index (χ1n) is 10.1. The van der Waals surface area contributed by atoms with Crippen molar-refractivity contribution in [2.75, 3.05) is 13.7 Å². The molecule has 0 aliphatic carbocycles. The number of hydrogen-bond donors (Lipinski definition) is 2. The molecule has 0 bridgehead atoms. The highest BCUT2D eigenvalue weighted by atomic mass is 16.5. The van der Waals surface area contributed by atoms with E-state index in [-0.39, 0.29) is 18.9 Å². The van der Waals surface area contributed by atoms with Gasteiger partial charge < -0.3 is 9.47 Å². The van der Waals surface area contributed by atoms with Gasteiger partial charge in [0.15, 0.2) is 6.61 Å². The number of hydrogen-bond acceptors (Lipinski definition) is 4. The van der Waals surface area contributed by atoms with E-state index in [9.17, 15) is 9.59 Å². The monoisotopic (exact) mass is 418 g/mol. The van der Waals surface area contributed by atoms with Gasteiger partial charge in [-0.2, -0.15) is 0 Å². The molecule has 0 unspecified atom stereocenters. The highest BCUT2D eigenvalue weighted by molar-refractivity contribution is 5.82. The average molecular weight is 418 g/mol. The first-order valence-corrected chi connectivity index (χ1v) is 10.1. The molecule has 0 saturated carbocycles. The zero-order valence-corrected chi connectivity index (χ0v) is 17.5. The Hall–Kier alpha value is -3.80. The van der Waals surface area contributed by atoms with E-state index >= 15 is 0 Å². The molecule has 3 aromatic carbocycles. The van der Waals surface area contributed by atoms with E-state index < -0.39 is 5.91 Å². The lowest BCUT2D eigenvalue weighted by Gasteiger charge is -2.12. The standard InChI is InChI=1S/C25H26N2O4/c1-30-22-12-7-10-20(17-22)14-15-24(28)26-27-25(29)18-31-23-13-6-5-11-21(23)16-19-8-3-2-4-9-19/h2-13,17H,14-16,18H2,1H3,(H,26,28)(H,27,29). The quantitative estimate of drug-likeness (QED) is 0.522. The molecule has 0 aliphatic rings. The van der Waals surface area contributed by atoms with Crippen LogP contribution in [-0.2, 0) is 22.4 Å². The summed E-state index contributed by atoms with van der Waals surface area (Å²) >= 11 is 0. The van der Waals surface area contributed by atoms with Gasteiger partial charge in [0.25, 0.3) is 5.91 Å². The normalized spacial score (nSPS) is 10.2. The van der Waals surface area contributed by atoms with Gasteiger partial charge in [0.05, 0.1) is 7.11 Å². The van der Waals surface area contributed by atoms with Gasteiger partial charge in [0, 0.05) is 12.8 Å². The highest BCUT2D eigenvalue weighted by Gasteiger charge is 2.09. The third-order valence-corrected chi connectivity index (χ3v) is 4.68. The van der Waals surface area contributed by atoms with Crippen LogP contribution in [0.2, 0.25) is 0 Å². The summed E-state index contributed by atoms with van der Waals surface area (Å²) < 4.78 is 10.9. The maximum absolute atomic E-state index is 12.1. The van der Waals surface area contributed by atoms with Crippen LogP contribution in [-0.4, -0.2) is 25.5 Å². The number of aryl methyl sites for hydroxylation is 1. The number of benzene rings is 3. The Morgan fingerprint density at radius 2 is 1.52 bits per heavy atom. The predicted octanol–water partition coefficient (Wildman–Crippen LogP) is 3.45. The highest BCUT2D eigenvalue weighted by Crippen LogP contribution is 2.21. The smallest absolute Gasteiger partial charge is 0.276 e. The lowest BCUT2D eigenvalue weighted by molar-refractivity contribution is -0.130. The minimum absolute atomic E-state index is 0.192. The van der Waals surface area contributed by atoms with Crippen LogP contribution in [0.15, 0.2) is 78.9 Å². The second-order valence-corrected chi connectivity index (χ2v) is 7.01. The van der Waals surface area contributed by atoms with E-state index in [4.69, 9.17) is 9.47 Å². The van der Waals surface area contributed by atoms with E-state index in [0.717, 1.165) is 22.4 Å². The second-order valence-electron chi connectivity index (χ2n) is 7.01. The molecular formula is C25H26N2O4. The number of carbonyl (C=O) groups is 2. The van der Waals surface area contributed by atoms with Gasteiger partial charge in [-0.05, 0) is 41.3 Å². The molecule has 0 heterocycles. The number of rotatable bonds is 9. The van der Waals surface area contributed by atoms with E-state index in [1.165, 1.54) is 0 Å². The average Bonchev–Trinajstić information content (AvgIpc) is 2.81. The minimum atomic E-state index is -0.427. The van der Waals surface area contributed by atoms with Crippen molar-refractivity contribution in [3.8, 4) is 11.5 Å². The molecule has 0 spiro atoms. The molecular weight excluding hydrogens is 392 g/mol. The second kappa shape index (κ2) is 11.4. The van der Waals surface area contributed by atoms with Gasteiger partial charge in [-0.15, -0.1) is 0 Å². The number of methoxy groups -OCH3 is 1.